The highest BCUT2D eigenvalue weighted by Crippen LogP contribution is 2.38. The molecule has 0 rings (SSSR count). The number of halogens is 3. The molecule has 1 nitrogen and oxygen atoms in total. The Kier molecular flexibility index (Phi) is 6.33. The van der Waals surface area contributed by atoms with Crippen LogP contribution >= 0.6 is 47.8 Å². The van der Waals surface area contributed by atoms with Gasteiger partial charge in [-0.05, 0) is 13.3 Å². The van der Waals surface area contributed by atoms with E-state index in [-0.39, 0.29) is 0 Å². The molecule has 0 aromatic rings. The maximum Gasteiger partial charge on any atom is 0.164 e. The van der Waals surface area contributed by atoms with Gasteiger partial charge in [-0.2, -0.15) is 0 Å². The Balaban J connectivity index is 4.14. The maximum atomic E-state index is 9.57. The molecule has 0 amide bonds. The topological polar surface area (TPSA) is 20.2 Å². The fraction of sp³-hybridized carbons (Fsp3) is 0.750. The molecule has 1 N–H and O–H groups in total. The van der Waals surface area contributed by atoms with Crippen LogP contribution in [0.25, 0.3) is 0 Å². The van der Waals surface area contributed by atoms with Crippen LogP contribution < -0.4 is 0 Å². The van der Waals surface area contributed by atoms with Crippen molar-refractivity contribution in [2.24, 2.45) is 0 Å². The van der Waals surface area contributed by atoms with E-state index in [4.69, 9.17) is 0 Å². The minimum absolute atomic E-state index is 0.566. The number of alkyl halides is 3. The second kappa shape index (κ2) is 5.78. The molecule has 72 valence electrons. The molecule has 0 saturated heterocycles. The van der Waals surface area contributed by atoms with Crippen molar-refractivity contribution in [3.8, 4) is 0 Å². The Morgan fingerprint density at radius 2 is 2.00 bits per heavy atom. The molecule has 0 radical (unpaired) electrons. The van der Waals surface area contributed by atoms with Crippen molar-refractivity contribution in [2.75, 3.05) is 0 Å². The summed E-state index contributed by atoms with van der Waals surface area (Å²) in [6.07, 6.45) is 3.40. The molecule has 1 atom stereocenters. The van der Waals surface area contributed by atoms with Crippen LogP contribution in [0.15, 0.2) is 11.6 Å². The first kappa shape index (κ1) is 13.1. The average Bonchev–Trinajstić information content (AvgIpc) is 1.85. The van der Waals surface area contributed by atoms with Gasteiger partial charge >= 0.3 is 0 Å². The number of rotatable bonds is 3. The average molecular weight is 365 g/mol. The van der Waals surface area contributed by atoms with Crippen LogP contribution in [0, 0.1) is 0 Å². The summed E-state index contributed by atoms with van der Waals surface area (Å²) in [4.78, 5) is 0. The zero-order chi connectivity index (χ0) is 9.78. The molecular formula is C8H13Br3O. The molecule has 0 fully saturated rings. The Hall–Kier alpha value is 1.14. The Morgan fingerprint density at radius 1 is 1.50 bits per heavy atom. The van der Waals surface area contributed by atoms with Crippen LogP contribution in [-0.2, 0) is 0 Å². The van der Waals surface area contributed by atoms with Crippen LogP contribution in [0.3, 0.4) is 0 Å². The van der Waals surface area contributed by atoms with Gasteiger partial charge in [0.15, 0.2) is 2.14 Å². The second-order valence-electron chi connectivity index (χ2n) is 2.75. The lowest BCUT2D eigenvalue weighted by atomic mass is 10.1. The van der Waals surface area contributed by atoms with Gasteiger partial charge in [0.05, 0.1) is 0 Å². The minimum atomic E-state index is -0.595. The van der Waals surface area contributed by atoms with Gasteiger partial charge in [-0.3, -0.25) is 0 Å². The number of hydrogen-bond acceptors (Lipinski definition) is 1. The Morgan fingerprint density at radius 3 is 2.33 bits per heavy atom. The van der Waals surface area contributed by atoms with Crippen LogP contribution in [0.5, 0.6) is 0 Å². The normalized spacial score (nSPS) is 16.3. The van der Waals surface area contributed by atoms with Crippen molar-refractivity contribution < 1.29 is 5.11 Å². The van der Waals surface area contributed by atoms with Crippen molar-refractivity contribution in [2.45, 2.75) is 34.9 Å². The zero-order valence-electron chi connectivity index (χ0n) is 7.15. The second-order valence-corrected chi connectivity index (χ2v) is 9.69. The van der Waals surface area contributed by atoms with Gasteiger partial charge in [-0.15, -0.1) is 0 Å². The summed E-state index contributed by atoms with van der Waals surface area (Å²) in [5.41, 5.74) is 1.20. The third kappa shape index (κ3) is 5.73. The summed E-state index contributed by atoms with van der Waals surface area (Å²) in [6.45, 7) is 4.14. The first-order valence-corrected chi connectivity index (χ1v) is 6.18. The molecule has 12 heavy (non-hydrogen) atoms. The largest absolute Gasteiger partial charge is 0.386 e. The summed E-state index contributed by atoms with van der Waals surface area (Å²) in [7, 11) is 0. The number of aliphatic hydroxyl groups is 1. The van der Waals surface area contributed by atoms with Gasteiger partial charge in [-0.25, -0.2) is 0 Å². The molecule has 0 aromatic carbocycles. The summed E-state index contributed by atoms with van der Waals surface area (Å²) < 4.78 is -0.595. The molecule has 0 saturated carbocycles. The van der Waals surface area contributed by atoms with Crippen LogP contribution in [0.1, 0.15) is 26.7 Å². The van der Waals surface area contributed by atoms with E-state index >= 15 is 0 Å². The van der Waals surface area contributed by atoms with Crippen LogP contribution in [0.4, 0.5) is 0 Å². The minimum Gasteiger partial charge on any atom is -0.386 e. The predicted molar refractivity (Wildman–Crippen MR) is 64.2 cm³/mol. The van der Waals surface area contributed by atoms with Crippen LogP contribution in [-0.4, -0.2) is 13.4 Å². The van der Waals surface area contributed by atoms with Gasteiger partial charge in [0, 0.05) is 0 Å². The smallest absolute Gasteiger partial charge is 0.164 e. The maximum absolute atomic E-state index is 9.57. The SMILES string of the molecule is CCC/C(C)=C/C(O)C(Br)(Br)Br. The van der Waals surface area contributed by atoms with E-state index in [1.165, 1.54) is 5.57 Å². The van der Waals surface area contributed by atoms with E-state index in [0.29, 0.717) is 0 Å². The molecule has 0 spiro atoms. The molecule has 0 aromatic heterocycles. The third-order valence-corrected chi connectivity index (χ3v) is 2.83. The van der Waals surface area contributed by atoms with Crippen molar-refractivity contribution >= 4 is 47.8 Å². The first-order chi connectivity index (χ1) is 5.38. The fourth-order valence-electron chi connectivity index (χ4n) is 0.842. The lowest BCUT2D eigenvalue weighted by Gasteiger charge is -2.17. The highest BCUT2D eigenvalue weighted by Gasteiger charge is 2.26. The lowest BCUT2D eigenvalue weighted by molar-refractivity contribution is 0.237. The van der Waals surface area contributed by atoms with Gasteiger partial charge in [-0.1, -0.05) is 72.8 Å². The molecule has 0 bridgehead atoms. The zero-order valence-corrected chi connectivity index (χ0v) is 11.9. The van der Waals surface area contributed by atoms with Crippen molar-refractivity contribution in [1.29, 1.82) is 0 Å². The summed E-state index contributed by atoms with van der Waals surface area (Å²) in [5, 5.41) is 9.57. The van der Waals surface area contributed by atoms with E-state index in [1.807, 2.05) is 13.0 Å². The highest BCUT2D eigenvalue weighted by atomic mass is 80.0. The fourth-order valence-corrected chi connectivity index (χ4v) is 1.24. The van der Waals surface area contributed by atoms with E-state index in [9.17, 15) is 5.11 Å². The quantitative estimate of drug-likeness (QED) is 0.594. The molecule has 0 aliphatic heterocycles. The molecule has 4 heteroatoms. The van der Waals surface area contributed by atoms with Crippen molar-refractivity contribution in [1.82, 2.24) is 0 Å². The Bertz CT molecular complexity index is 160. The number of hydrogen-bond donors (Lipinski definition) is 1. The summed E-state index contributed by atoms with van der Waals surface area (Å²) in [6, 6.07) is 0. The molecule has 1 unspecified atom stereocenters. The summed E-state index contributed by atoms with van der Waals surface area (Å²) in [5.74, 6) is 0. The monoisotopic (exact) mass is 362 g/mol. The van der Waals surface area contributed by atoms with Crippen molar-refractivity contribution in [3.63, 3.8) is 0 Å². The molecule has 0 heterocycles. The van der Waals surface area contributed by atoms with E-state index in [1.54, 1.807) is 0 Å². The van der Waals surface area contributed by atoms with E-state index in [2.05, 4.69) is 54.7 Å². The van der Waals surface area contributed by atoms with Gasteiger partial charge in [0.1, 0.15) is 6.10 Å². The highest BCUT2D eigenvalue weighted by molar-refractivity contribution is 9.39. The van der Waals surface area contributed by atoms with Gasteiger partial charge < -0.3 is 5.11 Å². The van der Waals surface area contributed by atoms with Gasteiger partial charge in [0.25, 0.3) is 0 Å². The number of aliphatic hydroxyl groups excluding tert-OH is 1. The predicted octanol–water partition coefficient (Wildman–Crippen LogP) is 3.93. The Labute approximate surface area is 99.0 Å². The molecular weight excluding hydrogens is 352 g/mol. The summed E-state index contributed by atoms with van der Waals surface area (Å²) >= 11 is 9.79. The number of allylic oxidation sites excluding steroid dienone is 1. The molecule has 0 aliphatic carbocycles. The van der Waals surface area contributed by atoms with E-state index < -0.39 is 8.25 Å². The van der Waals surface area contributed by atoms with Crippen molar-refractivity contribution in [3.05, 3.63) is 11.6 Å². The lowest BCUT2D eigenvalue weighted by Crippen LogP contribution is -2.21. The standard InChI is InChI=1S/C8H13Br3O/c1-3-4-6(2)5-7(12)8(9,10)11/h5,7,12H,3-4H2,1-2H3/b6-5+. The van der Waals surface area contributed by atoms with Gasteiger partial charge in [0.2, 0.25) is 0 Å². The third-order valence-electron chi connectivity index (χ3n) is 1.42. The molecule has 0 aliphatic rings. The van der Waals surface area contributed by atoms with E-state index in [0.717, 1.165) is 12.8 Å². The first-order valence-electron chi connectivity index (χ1n) is 3.80. The van der Waals surface area contributed by atoms with Crippen LogP contribution in [0.2, 0.25) is 0 Å².